The Kier molecular flexibility index (Phi) is 9.35. The molecule has 0 radical (unpaired) electrons. The third-order valence-electron chi connectivity index (χ3n) is 6.61. The first-order valence-electron chi connectivity index (χ1n) is 13.4. The average Bonchev–Trinajstić information content (AvgIpc) is 3.34. The molecule has 9 nitrogen and oxygen atoms in total. The van der Waals surface area contributed by atoms with E-state index in [9.17, 15) is 22.4 Å². The van der Waals surface area contributed by atoms with Crippen LogP contribution in [0.4, 0.5) is 23.2 Å². The highest BCUT2D eigenvalue weighted by atomic mass is 35.5. The number of fused-ring (bicyclic) bond motifs is 1. The summed E-state index contributed by atoms with van der Waals surface area (Å²) >= 11 is 6.16. The maximum atomic E-state index is 14.6. The van der Waals surface area contributed by atoms with Crippen LogP contribution in [0, 0.1) is 5.82 Å². The number of alkyl halides is 3. The highest BCUT2D eigenvalue weighted by Crippen LogP contribution is 2.41. The third-order valence-corrected chi connectivity index (χ3v) is 7.00. The molecule has 3 aromatic carbocycles. The van der Waals surface area contributed by atoms with Gasteiger partial charge in [0.05, 0.1) is 23.4 Å². The summed E-state index contributed by atoms with van der Waals surface area (Å²) in [4.78, 5) is 17.5. The number of rotatable bonds is 12. The molecule has 1 unspecified atom stereocenters. The Morgan fingerprint density at radius 3 is 2.55 bits per heavy atom. The fourth-order valence-electron chi connectivity index (χ4n) is 4.44. The van der Waals surface area contributed by atoms with Gasteiger partial charge in [0.15, 0.2) is 23.5 Å². The van der Waals surface area contributed by atoms with Gasteiger partial charge < -0.3 is 19.9 Å². The minimum absolute atomic E-state index is 0.00561. The molecule has 2 N–H and O–H groups in total. The molecular weight excluding hydrogens is 606 g/mol. The van der Waals surface area contributed by atoms with Gasteiger partial charge in [-0.25, -0.2) is 27.3 Å². The summed E-state index contributed by atoms with van der Waals surface area (Å²) in [6, 6.07) is 15.9. The van der Waals surface area contributed by atoms with Crippen molar-refractivity contribution in [1.82, 2.24) is 19.3 Å². The number of ether oxygens (including phenoxy) is 3. The third kappa shape index (κ3) is 6.33. The quantitative estimate of drug-likeness (QED) is 0.124. The van der Waals surface area contributed by atoms with Crippen molar-refractivity contribution in [3.05, 3.63) is 99.6 Å². The molecule has 0 spiro atoms. The maximum absolute atomic E-state index is 14.6. The summed E-state index contributed by atoms with van der Waals surface area (Å²) in [5.41, 5.74) is 6.32. The largest absolute Gasteiger partial charge is 0.481 e. The van der Waals surface area contributed by atoms with E-state index in [1.807, 2.05) is 30.3 Å². The summed E-state index contributed by atoms with van der Waals surface area (Å²) in [6.07, 6.45) is -4.06. The SMILES string of the molecule is CCn1c(COCc2ccccc2)nn(-c2cc(OC(CF)C(F)F)c3c(Oc4c(F)ccc(N)c4Cl)nccc3c2)c1=O. The number of anilines is 1. The van der Waals surface area contributed by atoms with E-state index in [1.165, 1.54) is 35.0 Å². The van der Waals surface area contributed by atoms with Crippen LogP contribution in [0.25, 0.3) is 16.5 Å². The first-order chi connectivity index (χ1) is 21.2. The minimum Gasteiger partial charge on any atom is -0.481 e. The molecule has 1 atom stereocenters. The molecule has 0 saturated heterocycles. The Hall–Kier alpha value is -4.62. The molecule has 0 amide bonds. The van der Waals surface area contributed by atoms with Crippen molar-refractivity contribution in [3.63, 3.8) is 0 Å². The summed E-state index contributed by atoms with van der Waals surface area (Å²) in [6.45, 7) is 0.788. The average molecular weight is 632 g/mol. The summed E-state index contributed by atoms with van der Waals surface area (Å²) in [5.74, 6) is -1.62. The van der Waals surface area contributed by atoms with E-state index in [1.54, 1.807) is 6.92 Å². The van der Waals surface area contributed by atoms with Crippen molar-refractivity contribution in [2.24, 2.45) is 0 Å². The molecule has 2 heterocycles. The van der Waals surface area contributed by atoms with E-state index in [4.69, 9.17) is 31.5 Å². The molecule has 44 heavy (non-hydrogen) atoms. The molecule has 0 aliphatic rings. The van der Waals surface area contributed by atoms with Crippen LogP contribution in [0.3, 0.4) is 0 Å². The summed E-state index contributed by atoms with van der Waals surface area (Å²) in [7, 11) is 0. The van der Waals surface area contributed by atoms with Crippen LogP contribution in [-0.2, 0) is 24.5 Å². The Labute approximate surface area is 253 Å². The van der Waals surface area contributed by atoms with Crippen molar-refractivity contribution in [1.29, 1.82) is 0 Å². The Morgan fingerprint density at radius 1 is 1.07 bits per heavy atom. The van der Waals surface area contributed by atoms with Crippen LogP contribution in [0.1, 0.15) is 18.3 Å². The Balaban J connectivity index is 1.59. The second-order valence-electron chi connectivity index (χ2n) is 9.52. The predicted molar refractivity (Wildman–Crippen MR) is 156 cm³/mol. The number of nitrogens with zero attached hydrogens (tertiary/aromatic N) is 4. The predicted octanol–water partition coefficient (Wildman–Crippen LogP) is 6.47. The van der Waals surface area contributed by atoms with E-state index < -0.39 is 36.5 Å². The number of nitrogen functional groups attached to an aromatic ring is 1. The van der Waals surface area contributed by atoms with Crippen LogP contribution in [0.15, 0.2) is 71.7 Å². The van der Waals surface area contributed by atoms with Gasteiger partial charge in [-0.15, -0.1) is 5.10 Å². The van der Waals surface area contributed by atoms with Gasteiger partial charge >= 0.3 is 5.69 Å². The lowest BCUT2D eigenvalue weighted by Gasteiger charge is -2.19. The van der Waals surface area contributed by atoms with Crippen LogP contribution in [0.2, 0.25) is 5.02 Å². The second kappa shape index (κ2) is 13.3. The fourth-order valence-corrected chi connectivity index (χ4v) is 4.63. The number of pyridine rings is 1. The molecule has 0 aliphatic carbocycles. The van der Waals surface area contributed by atoms with E-state index in [2.05, 4.69) is 10.1 Å². The van der Waals surface area contributed by atoms with Gasteiger partial charge in [0.2, 0.25) is 5.88 Å². The van der Waals surface area contributed by atoms with Crippen LogP contribution < -0.4 is 20.9 Å². The first-order valence-corrected chi connectivity index (χ1v) is 13.7. The summed E-state index contributed by atoms with van der Waals surface area (Å²) in [5, 5.41) is 4.45. The fraction of sp³-hybridized carbons (Fsp3) is 0.233. The van der Waals surface area contributed by atoms with Crippen LogP contribution >= 0.6 is 11.6 Å². The Morgan fingerprint density at radius 2 is 1.84 bits per heavy atom. The van der Waals surface area contributed by atoms with Crippen molar-refractivity contribution >= 4 is 28.1 Å². The van der Waals surface area contributed by atoms with Crippen LogP contribution in [0.5, 0.6) is 17.4 Å². The standard InChI is InChI=1S/C30H26ClF4N5O4/c1-2-39-24(16-42-15-17-6-4-3-5-7-17)38-40(30(39)41)19-12-18-10-11-37-29(44-27-20(33)8-9-21(36)26(27)31)25(18)22(13-19)43-23(14-32)28(34)35/h3-13,23,28H,2,14-16,36H2,1H3. The number of hydrogen-bond acceptors (Lipinski definition) is 7. The highest BCUT2D eigenvalue weighted by Gasteiger charge is 2.26. The molecule has 5 aromatic rings. The van der Waals surface area contributed by atoms with Gasteiger partial charge in [0.25, 0.3) is 6.43 Å². The number of nitrogens with two attached hydrogens (primary N) is 1. The highest BCUT2D eigenvalue weighted by molar-refractivity contribution is 6.34. The molecule has 0 saturated carbocycles. The molecule has 5 rings (SSSR count). The lowest BCUT2D eigenvalue weighted by Crippen LogP contribution is -2.28. The monoisotopic (exact) mass is 631 g/mol. The molecule has 14 heteroatoms. The lowest BCUT2D eigenvalue weighted by molar-refractivity contribution is -0.000432. The zero-order chi connectivity index (χ0) is 31.4. The molecule has 2 aromatic heterocycles. The van der Waals surface area contributed by atoms with Gasteiger partial charge in [-0.1, -0.05) is 41.9 Å². The zero-order valence-corrected chi connectivity index (χ0v) is 24.0. The second-order valence-corrected chi connectivity index (χ2v) is 9.90. The Bertz CT molecular complexity index is 1830. The minimum atomic E-state index is -3.20. The van der Waals surface area contributed by atoms with Gasteiger partial charge in [0, 0.05) is 18.8 Å². The topological polar surface area (TPSA) is 106 Å². The van der Waals surface area contributed by atoms with E-state index in [0.29, 0.717) is 5.82 Å². The van der Waals surface area contributed by atoms with E-state index in [0.717, 1.165) is 16.3 Å². The maximum Gasteiger partial charge on any atom is 0.350 e. The number of aromatic nitrogens is 4. The van der Waals surface area contributed by atoms with Crippen molar-refractivity contribution in [2.45, 2.75) is 39.2 Å². The molecule has 230 valence electrons. The van der Waals surface area contributed by atoms with E-state index >= 15 is 0 Å². The number of hydrogen-bond donors (Lipinski definition) is 1. The number of halogens is 5. The smallest absolute Gasteiger partial charge is 0.350 e. The molecule has 0 aliphatic heterocycles. The van der Waals surface area contributed by atoms with Crippen molar-refractivity contribution in [3.8, 4) is 23.1 Å². The molecular formula is C30H26ClF4N5O4. The number of benzene rings is 3. The van der Waals surface area contributed by atoms with Gasteiger partial charge in [-0.05, 0) is 42.1 Å². The normalized spacial score (nSPS) is 12.2. The van der Waals surface area contributed by atoms with Gasteiger partial charge in [0.1, 0.15) is 24.1 Å². The van der Waals surface area contributed by atoms with Crippen molar-refractivity contribution in [2.75, 3.05) is 12.4 Å². The van der Waals surface area contributed by atoms with Gasteiger partial charge in [-0.2, -0.15) is 4.68 Å². The van der Waals surface area contributed by atoms with Gasteiger partial charge in [-0.3, -0.25) is 4.57 Å². The molecule has 0 fully saturated rings. The first kappa shape index (κ1) is 30.8. The molecule has 0 bridgehead atoms. The summed E-state index contributed by atoms with van der Waals surface area (Å²) < 4.78 is 74.8. The zero-order valence-electron chi connectivity index (χ0n) is 23.2. The van der Waals surface area contributed by atoms with Crippen LogP contribution in [-0.4, -0.2) is 38.5 Å². The van der Waals surface area contributed by atoms with E-state index in [-0.39, 0.29) is 58.6 Å². The lowest BCUT2D eigenvalue weighted by atomic mass is 10.1. The van der Waals surface area contributed by atoms with Crippen molar-refractivity contribution < 1.29 is 31.8 Å².